The highest BCUT2D eigenvalue weighted by Crippen LogP contribution is 2.40. The summed E-state index contributed by atoms with van der Waals surface area (Å²) in [5, 5.41) is 6.96. The Balaban J connectivity index is 1.39. The minimum absolute atomic E-state index is 0.00630. The number of nitrogens with one attached hydrogen (secondary N) is 2. The van der Waals surface area contributed by atoms with Crippen molar-refractivity contribution in [2.75, 3.05) is 18.4 Å². The molecule has 36 heavy (non-hydrogen) atoms. The molecule has 1 aromatic carbocycles. The highest BCUT2D eigenvalue weighted by Gasteiger charge is 2.26. The number of piperidine rings is 1. The number of aryl methyl sites for hydroxylation is 2. The molecule has 3 aromatic rings. The van der Waals surface area contributed by atoms with Crippen molar-refractivity contribution in [3.63, 3.8) is 0 Å². The van der Waals surface area contributed by atoms with Crippen molar-refractivity contribution in [3.05, 3.63) is 46.2 Å². The van der Waals surface area contributed by atoms with Crippen LogP contribution >= 0.6 is 22.9 Å². The van der Waals surface area contributed by atoms with Crippen LogP contribution in [0.4, 0.5) is 9.93 Å². The van der Waals surface area contributed by atoms with Crippen molar-refractivity contribution < 1.29 is 9.59 Å². The van der Waals surface area contributed by atoms with E-state index >= 15 is 0 Å². The normalized spacial score (nSPS) is 15.4. The number of amides is 3. The summed E-state index contributed by atoms with van der Waals surface area (Å²) in [5.41, 5.74) is 4.88. The maximum Gasteiger partial charge on any atom is 0.317 e. The van der Waals surface area contributed by atoms with Crippen LogP contribution in [0, 0.1) is 0 Å². The zero-order valence-corrected chi connectivity index (χ0v) is 22.2. The average Bonchev–Trinajstić information content (AvgIpc) is 3.26. The van der Waals surface area contributed by atoms with Gasteiger partial charge in [-0.1, -0.05) is 29.0 Å². The van der Waals surface area contributed by atoms with Crippen molar-refractivity contribution >= 4 is 40.0 Å². The largest absolute Gasteiger partial charge is 0.336 e. The van der Waals surface area contributed by atoms with Crippen LogP contribution in [0.3, 0.4) is 0 Å². The van der Waals surface area contributed by atoms with Gasteiger partial charge in [0.25, 0.3) is 0 Å². The van der Waals surface area contributed by atoms with Crippen molar-refractivity contribution in [1.29, 1.82) is 0 Å². The molecule has 2 aromatic heterocycles. The Morgan fingerprint density at radius 2 is 1.94 bits per heavy atom. The minimum atomic E-state index is -0.139. The van der Waals surface area contributed by atoms with Gasteiger partial charge in [0.05, 0.1) is 21.3 Å². The Bertz CT molecular complexity index is 1320. The molecular formula is C26H29ClN6O2S. The molecule has 8 nitrogen and oxygen atoms in total. The number of likely N-dealkylation sites (tertiary alicyclic amines) is 1. The number of anilines is 1. The molecule has 2 N–H and O–H groups in total. The summed E-state index contributed by atoms with van der Waals surface area (Å²) in [4.78, 5) is 40.9. The van der Waals surface area contributed by atoms with Gasteiger partial charge in [0.2, 0.25) is 5.91 Å². The molecule has 1 saturated heterocycles. The van der Waals surface area contributed by atoms with Gasteiger partial charge in [0.15, 0.2) is 11.0 Å². The Kier molecular flexibility index (Phi) is 6.94. The van der Waals surface area contributed by atoms with Gasteiger partial charge in [0.1, 0.15) is 0 Å². The molecule has 0 radical (unpaired) electrons. The molecule has 0 unspecified atom stereocenters. The van der Waals surface area contributed by atoms with E-state index < -0.39 is 0 Å². The monoisotopic (exact) mass is 524 g/mol. The summed E-state index contributed by atoms with van der Waals surface area (Å²) in [7, 11) is 0. The molecule has 1 aliphatic carbocycles. The van der Waals surface area contributed by atoms with Gasteiger partial charge in [-0.05, 0) is 68.7 Å². The molecule has 1 fully saturated rings. The lowest BCUT2D eigenvalue weighted by Crippen LogP contribution is -2.46. The minimum Gasteiger partial charge on any atom is -0.336 e. The van der Waals surface area contributed by atoms with E-state index in [0.717, 1.165) is 66.2 Å². The molecule has 0 spiro atoms. The first-order chi connectivity index (χ1) is 17.3. The number of urea groups is 1. The topological polar surface area (TPSA) is 100 Å². The molecule has 5 rings (SSSR count). The second-order valence-corrected chi connectivity index (χ2v) is 11.1. The lowest BCUT2D eigenvalue weighted by atomic mass is 9.88. The van der Waals surface area contributed by atoms with Gasteiger partial charge in [-0.25, -0.2) is 19.7 Å². The fourth-order valence-corrected chi connectivity index (χ4v) is 6.09. The first-order valence-electron chi connectivity index (χ1n) is 12.3. The Labute approximate surface area is 219 Å². The number of hydrogen-bond acceptors (Lipinski definition) is 6. The van der Waals surface area contributed by atoms with Crippen LogP contribution in [0.1, 0.15) is 56.4 Å². The number of carbonyl (C=O) groups excluding carboxylic acids is 2. The predicted molar refractivity (Wildman–Crippen MR) is 143 cm³/mol. The fraction of sp³-hybridized carbons (Fsp3) is 0.423. The number of thiazole rings is 1. The van der Waals surface area contributed by atoms with E-state index in [4.69, 9.17) is 16.6 Å². The number of nitrogens with zero attached hydrogens (tertiary/aromatic N) is 4. The molecule has 3 heterocycles. The molecule has 1 aliphatic heterocycles. The van der Waals surface area contributed by atoms with Gasteiger partial charge in [-0.3, -0.25) is 4.79 Å². The van der Waals surface area contributed by atoms with Crippen LogP contribution < -0.4 is 10.6 Å². The molecule has 0 atom stereocenters. The van der Waals surface area contributed by atoms with E-state index in [-0.39, 0.29) is 18.0 Å². The summed E-state index contributed by atoms with van der Waals surface area (Å²) in [6.45, 7) is 6.87. The first-order valence-corrected chi connectivity index (χ1v) is 13.5. The molecule has 0 bridgehead atoms. The van der Waals surface area contributed by atoms with Crippen molar-refractivity contribution in [3.8, 4) is 22.0 Å². The highest BCUT2D eigenvalue weighted by atomic mass is 35.5. The molecular weight excluding hydrogens is 496 g/mol. The van der Waals surface area contributed by atoms with Crippen LogP contribution in [0.5, 0.6) is 0 Å². The van der Waals surface area contributed by atoms with Crippen LogP contribution in [0.15, 0.2) is 24.4 Å². The van der Waals surface area contributed by atoms with Crippen LogP contribution in [0.25, 0.3) is 22.0 Å². The number of rotatable bonds is 4. The number of benzene rings is 1. The lowest BCUT2D eigenvalue weighted by molar-refractivity contribution is -0.114. The summed E-state index contributed by atoms with van der Waals surface area (Å²) < 4.78 is 0. The average molecular weight is 525 g/mol. The number of halogens is 1. The molecule has 2 aliphatic rings. The Morgan fingerprint density at radius 1 is 1.17 bits per heavy atom. The van der Waals surface area contributed by atoms with Crippen molar-refractivity contribution in [1.82, 2.24) is 25.2 Å². The third-order valence-electron chi connectivity index (χ3n) is 6.59. The van der Waals surface area contributed by atoms with E-state index in [1.165, 1.54) is 23.8 Å². The third-order valence-corrected chi connectivity index (χ3v) is 7.94. The predicted octanol–water partition coefficient (Wildman–Crippen LogP) is 5.27. The van der Waals surface area contributed by atoms with Crippen LogP contribution in [-0.4, -0.2) is 50.9 Å². The van der Waals surface area contributed by atoms with Gasteiger partial charge in [0, 0.05) is 37.8 Å². The van der Waals surface area contributed by atoms with E-state index in [1.807, 2.05) is 31.0 Å². The van der Waals surface area contributed by atoms with Gasteiger partial charge in [-0.2, -0.15) is 0 Å². The Hall–Kier alpha value is -3.04. The standard InChI is InChI=1S/C26H29ClN6O2S/c1-14(2)29-26(35)33-10-8-16(9-11-33)17-4-6-20(27)19(12-17)24-28-13-18-5-7-21-23(22(18)32-24)36-25(31-21)30-15(3)34/h4,6,12-14,16H,5,7-11H2,1-3H3,(H,29,35)(H,30,31,34). The highest BCUT2D eigenvalue weighted by molar-refractivity contribution is 7.19. The molecule has 0 saturated carbocycles. The lowest BCUT2D eigenvalue weighted by Gasteiger charge is -2.33. The summed E-state index contributed by atoms with van der Waals surface area (Å²) in [5.74, 6) is 0.784. The zero-order valence-electron chi connectivity index (χ0n) is 20.6. The number of carbonyl (C=O) groups is 2. The zero-order chi connectivity index (χ0) is 25.4. The summed E-state index contributed by atoms with van der Waals surface area (Å²) in [6.07, 6.45) is 5.28. The quantitative estimate of drug-likeness (QED) is 0.484. The van der Waals surface area contributed by atoms with Gasteiger partial charge >= 0.3 is 6.03 Å². The van der Waals surface area contributed by atoms with E-state index in [0.29, 0.717) is 21.9 Å². The van der Waals surface area contributed by atoms with Crippen molar-refractivity contribution in [2.24, 2.45) is 0 Å². The second-order valence-electron chi connectivity index (χ2n) is 9.65. The molecule has 3 amide bonds. The van der Waals surface area contributed by atoms with E-state index in [2.05, 4.69) is 32.7 Å². The summed E-state index contributed by atoms with van der Waals surface area (Å²) in [6, 6.07) is 6.22. The van der Waals surface area contributed by atoms with Crippen molar-refractivity contribution in [2.45, 2.75) is 58.4 Å². The van der Waals surface area contributed by atoms with Crippen LogP contribution in [-0.2, 0) is 17.6 Å². The number of aromatic nitrogens is 3. The maximum absolute atomic E-state index is 12.4. The van der Waals surface area contributed by atoms with Crippen LogP contribution in [0.2, 0.25) is 5.02 Å². The second kappa shape index (κ2) is 10.1. The Morgan fingerprint density at radius 3 is 2.67 bits per heavy atom. The van der Waals surface area contributed by atoms with Gasteiger partial charge in [-0.15, -0.1) is 0 Å². The first kappa shape index (κ1) is 24.6. The number of fused-ring (bicyclic) bond motifs is 3. The SMILES string of the molecule is CC(=O)Nc1nc2c(s1)-c1nc(-c3cc(C4CCN(C(=O)NC(C)C)CC4)ccc3Cl)ncc1CC2. The van der Waals surface area contributed by atoms with Gasteiger partial charge < -0.3 is 15.5 Å². The number of hydrogen-bond donors (Lipinski definition) is 2. The van der Waals surface area contributed by atoms with E-state index in [9.17, 15) is 9.59 Å². The van der Waals surface area contributed by atoms with E-state index in [1.54, 1.807) is 0 Å². The molecule has 10 heteroatoms. The summed E-state index contributed by atoms with van der Waals surface area (Å²) >= 11 is 8.07. The smallest absolute Gasteiger partial charge is 0.317 e. The fourth-order valence-electron chi connectivity index (χ4n) is 4.80. The third kappa shape index (κ3) is 5.08. The maximum atomic E-state index is 12.4. The molecule has 188 valence electrons.